The van der Waals surface area contributed by atoms with Crippen LogP contribution >= 0.6 is 0 Å². The van der Waals surface area contributed by atoms with E-state index in [1.54, 1.807) is 0 Å². The Morgan fingerprint density at radius 1 is 1.36 bits per heavy atom. The van der Waals surface area contributed by atoms with Crippen LogP contribution in [0, 0.1) is 0 Å². The molecular weight excluding hydrogens is 194 g/mol. The predicted molar refractivity (Wildman–Crippen MR) is 40.6 cm³/mol. The molecule has 11 heteroatoms. The van der Waals surface area contributed by atoms with Crippen molar-refractivity contribution in [2.24, 2.45) is 15.4 Å². The van der Waals surface area contributed by atoms with Crippen LogP contribution in [0.25, 0.3) is 20.9 Å². The largest absolute Gasteiger partial charge is 0.410 e. The van der Waals surface area contributed by atoms with E-state index in [-0.39, 0.29) is 11.5 Å². The van der Waals surface area contributed by atoms with Crippen molar-refractivity contribution in [3.05, 3.63) is 26.6 Å². The minimum absolute atomic E-state index is 0.247. The fourth-order valence-corrected chi connectivity index (χ4v) is 0.590. The lowest BCUT2D eigenvalue weighted by Gasteiger charge is -1.87. The summed E-state index contributed by atoms with van der Waals surface area (Å²) in [6.07, 6.45) is 0. The number of azide groups is 2. The minimum Gasteiger partial charge on any atom is -0.410 e. The van der Waals surface area contributed by atoms with Crippen molar-refractivity contribution in [1.82, 2.24) is 10.3 Å². The summed E-state index contributed by atoms with van der Waals surface area (Å²) in [4.78, 5) is 4.76. The monoisotopic (exact) mass is 195 g/mol. The van der Waals surface area contributed by atoms with Gasteiger partial charge in [-0.3, -0.25) is 0 Å². The van der Waals surface area contributed by atoms with Crippen LogP contribution in [0.15, 0.2) is 20.0 Å². The number of aromatic nitrogens is 2. The van der Waals surface area contributed by atoms with E-state index in [0.717, 1.165) is 0 Å². The van der Waals surface area contributed by atoms with Crippen molar-refractivity contribution < 1.29 is 9.84 Å². The summed E-state index contributed by atoms with van der Waals surface area (Å²) >= 11 is 0. The lowest BCUT2D eigenvalue weighted by Crippen LogP contribution is -1.96. The molecule has 0 aliphatic carbocycles. The molecule has 1 rings (SSSR count). The van der Waals surface area contributed by atoms with Crippen LogP contribution < -0.4 is 0 Å². The molecule has 0 saturated carbocycles. The predicted octanol–water partition coefficient (Wildman–Crippen LogP) is 1.46. The molecule has 0 fully saturated rings. The van der Waals surface area contributed by atoms with Gasteiger partial charge in [-0.25, -0.2) is 4.63 Å². The molecular formula is C3HN9O2. The van der Waals surface area contributed by atoms with Crippen LogP contribution in [0.2, 0.25) is 0 Å². The highest BCUT2D eigenvalue weighted by molar-refractivity contribution is 6.00. The number of oxime groups is 1. The third kappa shape index (κ3) is 1.69. The van der Waals surface area contributed by atoms with Crippen LogP contribution in [-0.2, 0) is 0 Å². The van der Waals surface area contributed by atoms with E-state index in [1.807, 2.05) is 0 Å². The second-order valence-electron chi connectivity index (χ2n) is 1.74. The van der Waals surface area contributed by atoms with E-state index in [2.05, 4.69) is 40.2 Å². The van der Waals surface area contributed by atoms with Gasteiger partial charge in [0.25, 0.3) is 0 Å². The summed E-state index contributed by atoms with van der Waals surface area (Å²) in [5.41, 5.74) is 15.9. The number of nitrogens with zero attached hydrogens (tertiary/aromatic N) is 9. The molecule has 0 atom stereocenters. The Hall–Kier alpha value is -2.77. The zero-order valence-electron chi connectivity index (χ0n) is 6.38. The Kier molecular flexibility index (Phi) is 2.86. The maximum atomic E-state index is 8.40. The van der Waals surface area contributed by atoms with Gasteiger partial charge < -0.3 is 5.21 Å². The molecule has 0 aromatic carbocycles. The summed E-state index contributed by atoms with van der Waals surface area (Å²) < 4.78 is 4.19. The molecule has 1 aromatic rings. The summed E-state index contributed by atoms with van der Waals surface area (Å²) in [5, 5.41) is 23.4. The van der Waals surface area contributed by atoms with Crippen molar-refractivity contribution >= 4 is 11.7 Å². The first-order valence-electron chi connectivity index (χ1n) is 2.98. The van der Waals surface area contributed by atoms with Crippen LogP contribution in [0.3, 0.4) is 0 Å². The molecule has 70 valence electrons. The smallest absolute Gasteiger partial charge is 0.200 e. The molecule has 0 bridgehead atoms. The van der Waals surface area contributed by atoms with Gasteiger partial charge in [-0.2, -0.15) is 0 Å². The molecule has 0 unspecified atom stereocenters. The fraction of sp³-hybridized carbons (Fsp3) is 0. The molecule has 1 aromatic heterocycles. The maximum absolute atomic E-state index is 8.40. The van der Waals surface area contributed by atoms with Crippen LogP contribution in [0.4, 0.5) is 5.82 Å². The Bertz CT molecular complexity index is 446. The lowest BCUT2D eigenvalue weighted by atomic mass is 10.4. The Balaban J connectivity index is 3.23. The molecule has 1 N–H and O–H groups in total. The summed E-state index contributed by atoms with van der Waals surface area (Å²) in [5.74, 6) is -0.788. The Morgan fingerprint density at radius 2 is 2.14 bits per heavy atom. The standard InChI is InChI=1S/C3HN9O2/c4-11-6-2(8-13)1-3(7-12-5)10-14-9-1/h13H/b8-2+. The molecule has 0 aliphatic heterocycles. The third-order valence-electron chi connectivity index (χ3n) is 1.06. The highest BCUT2D eigenvalue weighted by Crippen LogP contribution is 2.15. The Morgan fingerprint density at radius 3 is 2.71 bits per heavy atom. The lowest BCUT2D eigenvalue weighted by molar-refractivity contribution is 0.304. The van der Waals surface area contributed by atoms with Gasteiger partial charge in [-0.05, 0) is 31.6 Å². The van der Waals surface area contributed by atoms with Gasteiger partial charge in [-0.15, -0.1) is 0 Å². The van der Waals surface area contributed by atoms with Gasteiger partial charge in [-0.1, -0.05) is 5.16 Å². The first kappa shape index (κ1) is 9.32. The van der Waals surface area contributed by atoms with Gasteiger partial charge in [0.1, 0.15) is 0 Å². The quantitative estimate of drug-likeness (QED) is 0.143. The van der Waals surface area contributed by atoms with E-state index in [1.165, 1.54) is 0 Å². The number of amidine groups is 1. The number of hydrogen-bond donors (Lipinski definition) is 1. The number of rotatable bonds is 2. The first-order chi connectivity index (χ1) is 6.83. The molecule has 0 aliphatic rings. The SMILES string of the molecule is [N-]=[N+]=N/C(=N/O)c1nonc1N=[N+]=[N-]. The highest BCUT2D eigenvalue weighted by atomic mass is 16.6. The third-order valence-corrected chi connectivity index (χ3v) is 1.06. The second kappa shape index (κ2) is 4.30. The average Bonchev–Trinajstić information content (AvgIpc) is 2.63. The van der Waals surface area contributed by atoms with Gasteiger partial charge in [0.15, 0.2) is 11.5 Å². The summed E-state index contributed by atoms with van der Waals surface area (Å²) in [6, 6.07) is 0. The highest BCUT2D eigenvalue weighted by Gasteiger charge is 2.14. The summed E-state index contributed by atoms with van der Waals surface area (Å²) in [7, 11) is 0. The van der Waals surface area contributed by atoms with E-state index in [4.69, 9.17) is 16.3 Å². The van der Waals surface area contributed by atoms with E-state index >= 15 is 0 Å². The average molecular weight is 195 g/mol. The van der Waals surface area contributed by atoms with Crippen molar-refractivity contribution in [3.63, 3.8) is 0 Å². The van der Waals surface area contributed by atoms with E-state index in [9.17, 15) is 0 Å². The molecule has 0 amide bonds. The van der Waals surface area contributed by atoms with Gasteiger partial charge >= 0.3 is 0 Å². The molecule has 0 saturated heterocycles. The van der Waals surface area contributed by atoms with Crippen LogP contribution in [-0.4, -0.2) is 21.4 Å². The van der Waals surface area contributed by atoms with Crippen molar-refractivity contribution in [3.8, 4) is 0 Å². The molecule has 0 radical (unpaired) electrons. The molecule has 11 nitrogen and oxygen atoms in total. The van der Waals surface area contributed by atoms with E-state index < -0.39 is 5.84 Å². The molecule has 14 heavy (non-hydrogen) atoms. The number of hydrogen-bond acceptors (Lipinski definition) is 6. The van der Waals surface area contributed by atoms with Crippen LogP contribution in [0.5, 0.6) is 0 Å². The van der Waals surface area contributed by atoms with Crippen molar-refractivity contribution in [2.45, 2.75) is 0 Å². The van der Waals surface area contributed by atoms with Gasteiger partial charge in [0.05, 0.1) is 0 Å². The maximum Gasteiger partial charge on any atom is 0.200 e. The topological polar surface area (TPSA) is 169 Å². The van der Waals surface area contributed by atoms with Crippen molar-refractivity contribution in [2.75, 3.05) is 0 Å². The van der Waals surface area contributed by atoms with Crippen molar-refractivity contribution in [1.29, 1.82) is 0 Å². The van der Waals surface area contributed by atoms with Gasteiger partial charge in [0, 0.05) is 9.82 Å². The van der Waals surface area contributed by atoms with Gasteiger partial charge in [0.2, 0.25) is 5.82 Å². The molecule has 1 heterocycles. The Labute approximate surface area is 74.8 Å². The molecule has 0 spiro atoms. The fourth-order valence-electron chi connectivity index (χ4n) is 0.590. The normalized spacial score (nSPS) is 10.1. The first-order valence-corrected chi connectivity index (χ1v) is 2.98. The minimum atomic E-state index is -0.504. The van der Waals surface area contributed by atoms with Crippen LogP contribution in [0.1, 0.15) is 5.69 Å². The second-order valence-corrected chi connectivity index (χ2v) is 1.74. The zero-order valence-corrected chi connectivity index (χ0v) is 6.38. The zero-order chi connectivity index (χ0) is 10.4. The van der Waals surface area contributed by atoms with E-state index in [0.29, 0.717) is 0 Å². The summed E-state index contributed by atoms with van der Waals surface area (Å²) in [6.45, 7) is 0.